The SMILES string of the molecule is C/C=C1\[C@@H]2C(Br)C2C(c2ccccc2)=C(c2ncc(OC)cc2Cl)N1C. The van der Waals surface area contributed by atoms with Gasteiger partial charge < -0.3 is 9.64 Å². The van der Waals surface area contributed by atoms with Gasteiger partial charge in [-0.15, -0.1) is 0 Å². The zero-order chi connectivity index (χ0) is 18.4. The molecule has 0 amide bonds. The second-order valence-electron chi connectivity index (χ2n) is 6.60. The smallest absolute Gasteiger partial charge is 0.138 e. The molecule has 0 spiro atoms. The Kier molecular flexibility index (Phi) is 4.57. The van der Waals surface area contributed by atoms with E-state index >= 15 is 0 Å². The van der Waals surface area contributed by atoms with E-state index in [1.165, 1.54) is 16.8 Å². The number of allylic oxidation sites excluding steroid dienone is 3. The molecule has 3 atom stereocenters. The van der Waals surface area contributed by atoms with Crippen molar-refractivity contribution < 1.29 is 4.74 Å². The van der Waals surface area contributed by atoms with Crippen LogP contribution in [0.4, 0.5) is 0 Å². The lowest BCUT2D eigenvalue weighted by Gasteiger charge is -2.33. The molecule has 134 valence electrons. The number of benzene rings is 1. The van der Waals surface area contributed by atoms with Crippen molar-refractivity contribution in [1.82, 2.24) is 9.88 Å². The van der Waals surface area contributed by atoms with Gasteiger partial charge in [-0.05, 0) is 18.1 Å². The van der Waals surface area contributed by atoms with Crippen molar-refractivity contribution in [2.45, 2.75) is 11.8 Å². The van der Waals surface area contributed by atoms with Crippen LogP contribution in [0.2, 0.25) is 5.02 Å². The normalized spacial score (nSPS) is 26.1. The van der Waals surface area contributed by atoms with Gasteiger partial charge in [0.1, 0.15) is 11.4 Å². The summed E-state index contributed by atoms with van der Waals surface area (Å²) in [5.74, 6) is 1.57. The van der Waals surface area contributed by atoms with Gasteiger partial charge in [-0.25, -0.2) is 4.98 Å². The highest BCUT2D eigenvalue weighted by Crippen LogP contribution is 2.62. The van der Waals surface area contributed by atoms with E-state index in [9.17, 15) is 0 Å². The minimum absolute atomic E-state index is 0.426. The Bertz CT molecular complexity index is 909. The molecule has 2 aliphatic rings. The molecule has 5 heteroatoms. The number of ether oxygens (including phenoxy) is 1. The maximum Gasteiger partial charge on any atom is 0.138 e. The zero-order valence-electron chi connectivity index (χ0n) is 14.9. The summed E-state index contributed by atoms with van der Waals surface area (Å²) in [5.41, 5.74) is 5.68. The molecule has 4 rings (SSSR count). The molecule has 0 N–H and O–H groups in total. The van der Waals surface area contributed by atoms with Crippen LogP contribution in [0.5, 0.6) is 5.75 Å². The first-order valence-electron chi connectivity index (χ1n) is 8.62. The lowest BCUT2D eigenvalue weighted by molar-refractivity contribution is 0.412. The van der Waals surface area contributed by atoms with Crippen molar-refractivity contribution in [2.24, 2.45) is 11.8 Å². The van der Waals surface area contributed by atoms with E-state index in [0.29, 0.717) is 27.4 Å². The number of hydrogen-bond donors (Lipinski definition) is 0. The Balaban J connectivity index is 1.98. The Morgan fingerprint density at radius 3 is 2.58 bits per heavy atom. The summed E-state index contributed by atoms with van der Waals surface area (Å²) in [5, 5.41) is 0.598. The second-order valence-corrected chi connectivity index (χ2v) is 8.07. The van der Waals surface area contributed by atoms with Gasteiger partial charge in [0.05, 0.1) is 24.0 Å². The summed E-state index contributed by atoms with van der Waals surface area (Å²) >= 11 is 10.5. The van der Waals surface area contributed by atoms with Gasteiger partial charge in [-0.3, -0.25) is 0 Å². The Morgan fingerprint density at radius 1 is 1.23 bits per heavy atom. The van der Waals surface area contributed by atoms with Crippen molar-refractivity contribution in [3.8, 4) is 5.75 Å². The van der Waals surface area contributed by atoms with E-state index in [4.69, 9.17) is 16.3 Å². The van der Waals surface area contributed by atoms with E-state index < -0.39 is 0 Å². The second kappa shape index (κ2) is 6.75. The third-order valence-corrected chi connectivity index (χ3v) is 6.67. The highest BCUT2D eigenvalue weighted by atomic mass is 79.9. The molecular formula is C21H20BrClN2O. The topological polar surface area (TPSA) is 25.4 Å². The first-order chi connectivity index (χ1) is 12.6. The molecule has 3 nitrogen and oxygen atoms in total. The molecular weight excluding hydrogens is 412 g/mol. The lowest BCUT2D eigenvalue weighted by Crippen LogP contribution is -2.24. The van der Waals surface area contributed by atoms with Crippen LogP contribution < -0.4 is 4.74 Å². The molecule has 1 aliphatic carbocycles. The van der Waals surface area contributed by atoms with Crippen molar-refractivity contribution in [2.75, 3.05) is 14.2 Å². The molecule has 26 heavy (non-hydrogen) atoms. The van der Waals surface area contributed by atoms with Crippen LogP contribution in [0.1, 0.15) is 18.2 Å². The van der Waals surface area contributed by atoms with Gasteiger partial charge in [-0.2, -0.15) is 0 Å². The summed E-state index contributed by atoms with van der Waals surface area (Å²) < 4.78 is 5.27. The number of hydrogen-bond acceptors (Lipinski definition) is 3. The van der Waals surface area contributed by atoms with Crippen LogP contribution in [0, 0.1) is 11.8 Å². The van der Waals surface area contributed by atoms with E-state index in [2.05, 4.69) is 70.1 Å². The molecule has 1 saturated carbocycles. The summed E-state index contributed by atoms with van der Waals surface area (Å²) in [6.45, 7) is 2.09. The maximum absolute atomic E-state index is 6.61. The minimum atomic E-state index is 0.426. The van der Waals surface area contributed by atoms with Gasteiger partial charge in [0.2, 0.25) is 0 Å². The molecule has 1 aliphatic heterocycles. The lowest BCUT2D eigenvalue weighted by atomic mass is 9.91. The van der Waals surface area contributed by atoms with Crippen LogP contribution in [0.3, 0.4) is 0 Å². The summed E-state index contributed by atoms with van der Waals surface area (Å²) in [7, 11) is 3.72. The average molecular weight is 432 g/mol. The van der Waals surface area contributed by atoms with E-state index in [1.807, 2.05) is 12.1 Å². The molecule has 2 heterocycles. The number of halogens is 2. The molecule has 2 aromatic rings. The van der Waals surface area contributed by atoms with Gasteiger partial charge >= 0.3 is 0 Å². The van der Waals surface area contributed by atoms with Crippen molar-refractivity contribution >= 4 is 38.8 Å². The first-order valence-corrected chi connectivity index (χ1v) is 9.91. The monoisotopic (exact) mass is 430 g/mol. The fourth-order valence-corrected chi connectivity index (χ4v) is 5.24. The van der Waals surface area contributed by atoms with Gasteiger partial charge in [0.15, 0.2) is 0 Å². The molecule has 2 unspecified atom stereocenters. The summed E-state index contributed by atoms with van der Waals surface area (Å²) in [4.78, 5) is 7.32. The molecule has 0 saturated heterocycles. The largest absolute Gasteiger partial charge is 0.495 e. The fraction of sp³-hybridized carbons (Fsp3) is 0.286. The molecule has 1 fully saturated rings. The predicted molar refractivity (Wildman–Crippen MR) is 110 cm³/mol. The van der Waals surface area contributed by atoms with Crippen molar-refractivity contribution in [1.29, 1.82) is 0 Å². The average Bonchev–Trinajstić information content (AvgIpc) is 3.32. The first kappa shape index (κ1) is 17.6. The molecule has 1 aromatic carbocycles. The third-order valence-electron chi connectivity index (χ3n) is 5.24. The maximum atomic E-state index is 6.61. The number of alkyl halides is 1. The standard InChI is InChI=1S/C21H20BrClN2O/c1-4-15-17-18(19(17)22)16(12-8-6-5-7-9-12)21(25(15)2)20-14(23)10-13(26-3)11-24-20/h4-11,17-19H,1-3H3/b15-4+/t17-,18?,19?/m0/s1. The van der Waals surface area contributed by atoms with Crippen LogP contribution >= 0.6 is 27.5 Å². The van der Waals surface area contributed by atoms with Crippen LogP contribution in [0.15, 0.2) is 54.4 Å². The Morgan fingerprint density at radius 2 is 1.96 bits per heavy atom. The number of methoxy groups -OCH3 is 1. The highest BCUT2D eigenvalue weighted by molar-refractivity contribution is 9.09. The Labute approximate surface area is 167 Å². The zero-order valence-corrected chi connectivity index (χ0v) is 17.3. The predicted octanol–water partition coefficient (Wildman–Crippen LogP) is 5.47. The van der Waals surface area contributed by atoms with Gasteiger partial charge in [-0.1, -0.05) is 63.9 Å². The highest BCUT2D eigenvalue weighted by Gasteiger charge is 2.57. The summed E-state index contributed by atoms with van der Waals surface area (Å²) in [6, 6.07) is 12.4. The van der Waals surface area contributed by atoms with E-state index in [0.717, 1.165) is 11.4 Å². The van der Waals surface area contributed by atoms with E-state index in [1.54, 1.807) is 13.3 Å². The number of aromatic nitrogens is 1. The quantitative estimate of drug-likeness (QED) is 0.603. The van der Waals surface area contributed by atoms with Gasteiger partial charge in [0.25, 0.3) is 0 Å². The third kappa shape index (κ3) is 2.67. The van der Waals surface area contributed by atoms with Crippen LogP contribution in [-0.4, -0.2) is 28.9 Å². The molecule has 0 bridgehead atoms. The fourth-order valence-electron chi connectivity index (χ4n) is 3.98. The number of rotatable bonds is 3. The molecule has 0 radical (unpaired) electrons. The van der Waals surface area contributed by atoms with Gasteiger partial charge in [0, 0.05) is 35.5 Å². The number of pyridine rings is 1. The summed E-state index contributed by atoms with van der Waals surface area (Å²) in [6.07, 6.45) is 3.92. The Hall–Kier alpha value is -1.78. The number of fused-ring (bicyclic) bond motifs is 1. The van der Waals surface area contributed by atoms with Crippen LogP contribution in [0.25, 0.3) is 11.3 Å². The van der Waals surface area contributed by atoms with Crippen LogP contribution in [-0.2, 0) is 0 Å². The van der Waals surface area contributed by atoms with E-state index in [-0.39, 0.29) is 0 Å². The molecule has 1 aromatic heterocycles. The van der Waals surface area contributed by atoms with Crippen molar-refractivity contribution in [3.05, 3.63) is 70.6 Å². The number of nitrogens with zero attached hydrogens (tertiary/aromatic N) is 2. The minimum Gasteiger partial charge on any atom is -0.495 e. The van der Waals surface area contributed by atoms with Crippen molar-refractivity contribution in [3.63, 3.8) is 0 Å².